The minimum Gasteiger partial charge on any atom is -0.379 e. The standard InChI is InChI=1S/C18H27N3O2.2ClH/c22-18(13-16-7-4-8-19-16)20-14-17(15-5-2-1-3-6-15)21-9-11-23-12-10-21;;/h1-3,5-6,16-17,19H,4,7-14H2,(H,20,22);2*1H. The molecule has 0 aromatic heterocycles. The highest BCUT2D eigenvalue weighted by Crippen LogP contribution is 2.21. The molecule has 0 radical (unpaired) electrons. The van der Waals surface area contributed by atoms with Gasteiger partial charge in [0.15, 0.2) is 0 Å². The lowest BCUT2D eigenvalue weighted by Gasteiger charge is -2.35. The fourth-order valence-corrected chi connectivity index (χ4v) is 3.46. The van der Waals surface area contributed by atoms with Crippen LogP contribution in [0, 0.1) is 0 Å². The van der Waals surface area contributed by atoms with Gasteiger partial charge in [-0.2, -0.15) is 0 Å². The molecule has 5 nitrogen and oxygen atoms in total. The second-order valence-electron chi connectivity index (χ2n) is 6.38. The predicted octanol–water partition coefficient (Wildman–Crippen LogP) is 2.16. The minimum absolute atomic E-state index is 0. The molecule has 0 bridgehead atoms. The van der Waals surface area contributed by atoms with Gasteiger partial charge in [0.05, 0.1) is 19.3 Å². The smallest absolute Gasteiger partial charge is 0.221 e. The summed E-state index contributed by atoms with van der Waals surface area (Å²) < 4.78 is 5.46. The Labute approximate surface area is 162 Å². The Morgan fingerprint density at radius 1 is 1.24 bits per heavy atom. The molecule has 0 saturated carbocycles. The van der Waals surface area contributed by atoms with Gasteiger partial charge in [0, 0.05) is 32.1 Å². The second-order valence-corrected chi connectivity index (χ2v) is 6.38. The van der Waals surface area contributed by atoms with Crippen LogP contribution in [0.2, 0.25) is 0 Å². The van der Waals surface area contributed by atoms with Gasteiger partial charge in [-0.25, -0.2) is 0 Å². The summed E-state index contributed by atoms with van der Waals surface area (Å²) in [5.74, 6) is 0.151. The van der Waals surface area contributed by atoms with Crippen LogP contribution in [0.5, 0.6) is 0 Å². The van der Waals surface area contributed by atoms with Crippen LogP contribution < -0.4 is 10.6 Å². The van der Waals surface area contributed by atoms with E-state index in [4.69, 9.17) is 4.74 Å². The lowest BCUT2D eigenvalue weighted by Crippen LogP contribution is -2.44. The predicted molar refractivity (Wildman–Crippen MR) is 105 cm³/mol. The minimum atomic E-state index is 0. The van der Waals surface area contributed by atoms with Crippen LogP contribution in [0.15, 0.2) is 30.3 Å². The van der Waals surface area contributed by atoms with E-state index in [1.54, 1.807) is 0 Å². The summed E-state index contributed by atoms with van der Waals surface area (Å²) in [5.41, 5.74) is 1.26. The van der Waals surface area contributed by atoms with Crippen LogP contribution in [-0.4, -0.2) is 56.2 Å². The van der Waals surface area contributed by atoms with Crippen LogP contribution in [0.25, 0.3) is 0 Å². The number of nitrogens with zero attached hydrogens (tertiary/aromatic N) is 1. The number of halogens is 2. The molecule has 1 aromatic carbocycles. The van der Waals surface area contributed by atoms with E-state index < -0.39 is 0 Å². The van der Waals surface area contributed by atoms with Gasteiger partial charge in [0.2, 0.25) is 5.91 Å². The molecular formula is C18H29Cl2N3O2. The van der Waals surface area contributed by atoms with E-state index in [1.165, 1.54) is 12.0 Å². The lowest BCUT2D eigenvalue weighted by atomic mass is 10.0. The van der Waals surface area contributed by atoms with Gasteiger partial charge < -0.3 is 15.4 Å². The Kier molecular flexibility index (Phi) is 10.4. The monoisotopic (exact) mass is 389 g/mol. The molecule has 2 aliphatic rings. The lowest BCUT2D eigenvalue weighted by molar-refractivity contribution is -0.121. The van der Waals surface area contributed by atoms with Crippen molar-refractivity contribution in [3.63, 3.8) is 0 Å². The first-order valence-corrected chi connectivity index (χ1v) is 8.70. The third-order valence-electron chi connectivity index (χ3n) is 4.76. The van der Waals surface area contributed by atoms with Gasteiger partial charge in [-0.1, -0.05) is 30.3 Å². The van der Waals surface area contributed by atoms with E-state index in [0.29, 0.717) is 19.0 Å². The molecule has 25 heavy (non-hydrogen) atoms. The number of carbonyl (C=O) groups excluding carboxylic acids is 1. The molecule has 2 N–H and O–H groups in total. The fraction of sp³-hybridized carbons (Fsp3) is 0.611. The fourth-order valence-electron chi connectivity index (χ4n) is 3.46. The molecule has 7 heteroatoms. The van der Waals surface area contributed by atoms with E-state index >= 15 is 0 Å². The molecule has 2 atom stereocenters. The zero-order chi connectivity index (χ0) is 15.9. The topological polar surface area (TPSA) is 53.6 Å². The zero-order valence-corrected chi connectivity index (χ0v) is 16.1. The van der Waals surface area contributed by atoms with Crippen molar-refractivity contribution in [1.29, 1.82) is 0 Å². The summed E-state index contributed by atoms with van der Waals surface area (Å²) in [5, 5.41) is 6.53. The van der Waals surface area contributed by atoms with Gasteiger partial charge in [0.25, 0.3) is 0 Å². The number of nitrogens with one attached hydrogen (secondary N) is 2. The van der Waals surface area contributed by atoms with Crippen molar-refractivity contribution in [3.8, 4) is 0 Å². The summed E-state index contributed by atoms with van der Waals surface area (Å²) in [6, 6.07) is 11.0. The maximum Gasteiger partial charge on any atom is 0.221 e. The molecule has 2 saturated heterocycles. The molecule has 1 amide bonds. The Morgan fingerprint density at radius 2 is 1.96 bits per heavy atom. The average Bonchev–Trinajstić information content (AvgIpc) is 3.10. The Morgan fingerprint density at radius 3 is 2.60 bits per heavy atom. The maximum atomic E-state index is 12.2. The van der Waals surface area contributed by atoms with Gasteiger partial charge in [-0.05, 0) is 24.9 Å². The van der Waals surface area contributed by atoms with E-state index in [9.17, 15) is 4.79 Å². The number of ether oxygens (including phenoxy) is 1. The van der Waals surface area contributed by atoms with E-state index in [1.807, 2.05) is 6.07 Å². The zero-order valence-electron chi connectivity index (χ0n) is 14.5. The molecular weight excluding hydrogens is 361 g/mol. The normalized spacial score (nSPS) is 21.7. The molecule has 2 unspecified atom stereocenters. The second kappa shape index (κ2) is 11.7. The summed E-state index contributed by atoms with van der Waals surface area (Å²) in [4.78, 5) is 14.6. The van der Waals surface area contributed by atoms with Crippen molar-refractivity contribution in [1.82, 2.24) is 15.5 Å². The highest BCUT2D eigenvalue weighted by molar-refractivity contribution is 5.85. The highest BCUT2D eigenvalue weighted by atomic mass is 35.5. The Hall–Kier alpha value is -0.850. The van der Waals surface area contributed by atoms with Crippen molar-refractivity contribution < 1.29 is 9.53 Å². The van der Waals surface area contributed by atoms with Crippen LogP contribution >= 0.6 is 24.8 Å². The van der Waals surface area contributed by atoms with Crippen LogP contribution in [-0.2, 0) is 9.53 Å². The average molecular weight is 390 g/mol. The van der Waals surface area contributed by atoms with Gasteiger partial charge in [0.1, 0.15) is 0 Å². The third-order valence-corrected chi connectivity index (χ3v) is 4.76. The summed E-state index contributed by atoms with van der Waals surface area (Å²) >= 11 is 0. The molecule has 1 aromatic rings. The Balaban J connectivity index is 0.00000156. The van der Waals surface area contributed by atoms with Crippen LogP contribution in [0.4, 0.5) is 0 Å². The van der Waals surface area contributed by atoms with Crippen molar-refractivity contribution in [3.05, 3.63) is 35.9 Å². The molecule has 2 fully saturated rings. The molecule has 3 rings (SSSR count). The van der Waals surface area contributed by atoms with Gasteiger partial charge >= 0.3 is 0 Å². The summed E-state index contributed by atoms with van der Waals surface area (Å²) in [6.07, 6.45) is 2.88. The summed E-state index contributed by atoms with van der Waals surface area (Å²) in [7, 11) is 0. The summed E-state index contributed by atoms with van der Waals surface area (Å²) in [6.45, 7) is 5.07. The van der Waals surface area contributed by atoms with Gasteiger partial charge in [-0.3, -0.25) is 9.69 Å². The van der Waals surface area contributed by atoms with E-state index in [2.05, 4.69) is 39.8 Å². The first-order valence-electron chi connectivity index (χ1n) is 8.70. The molecule has 142 valence electrons. The number of carbonyl (C=O) groups is 1. The first-order chi connectivity index (χ1) is 11.3. The largest absolute Gasteiger partial charge is 0.379 e. The first kappa shape index (κ1) is 22.2. The quantitative estimate of drug-likeness (QED) is 0.782. The third kappa shape index (κ3) is 6.76. The molecule has 0 aliphatic carbocycles. The molecule has 2 heterocycles. The van der Waals surface area contributed by atoms with E-state index in [0.717, 1.165) is 39.3 Å². The van der Waals surface area contributed by atoms with Crippen LogP contribution in [0.3, 0.4) is 0 Å². The maximum absolute atomic E-state index is 12.2. The number of amides is 1. The molecule has 0 spiro atoms. The number of hydrogen-bond acceptors (Lipinski definition) is 4. The van der Waals surface area contributed by atoms with E-state index in [-0.39, 0.29) is 36.8 Å². The van der Waals surface area contributed by atoms with Crippen molar-refractivity contribution >= 4 is 30.7 Å². The van der Waals surface area contributed by atoms with Gasteiger partial charge in [-0.15, -0.1) is 24.8 Å². The Bertz CT molecular complexity index is 492. The van der Waals surface area contributed by atoms with Crippen molar-refractivity contribution in [2.75, 3.05) is 39.4 Å². The SMILES string of the molecule is Cl.Cl.O=C(CC1CCCN1)NCC(c1ccccc1)N1CCOCC1. The number of rotatable bonds is 6. The number of hydrogen-bond donors (Lipinski definition) is 2. The number of benzene rings is 1. The highest BCUT2D eigenvalue weighted by Gasteiger charge is 2.24. The van der Waals surface area contributed by atoms with Crippen molar-refractivity contribution in [2.24, 2.45) is 0 Å². The van der Waals surface area contributed by atoms with Crippen LogP contribution in [0.1, 0.15) is 30.9 Å². The molecule has 2 aliphatic heterocycles. The van der Waals surface area contributed by atoms with Crippen molar-refractivity contribution in [2.45, 2.75) is 31.3 Å². The number of morpholine rings is 1.